The largest absolute Gasteiger partial charge is 0.339 e. The van der Waals surface area contributed by atoms with Crippen LogP contribution in [0, 0.1) is 5.92 Å². The minimum atomic E-state index is -0.317. The van der Waals surface area contributed by atoms with E-state index in [-0.39, 0.29) is 36.0 Å². The summed E-state index contributed by atoms with van der Waals surface area (Å²) in [6, 6.07) is 23.1. The molecule has 0 N–H and O–H groups in total. The first-order chi connectivity index (χ1) is 16.5. The number of nitrogens with zero attached hydrogens (tertiary/aromatic N) is 2. The van der Waals surface area contributed by atoms with Crippen LogP contribution in [0.2, 0.25) is 0 Å². The Balaban J connectivity index is 1.24. The van der Waals surface area contributed by atoms with Gasteiger partial charge in [0.2, 0.25) is 0 Å². The molecule has 0 spiro atoms. The monoisotopic (exact) mass is 452 g/mol. The Bertz CT molecular complexity index is 1240. The van der Waals surface area contributed by atoms with Crippen molar-refractivity contribution in [2.75, 3.05) is 13.1 Å². The number of amides is 3. The first kappa shape index (κ1) is 21.8. The maximum atomic E-state index is 13.1. The SMILES string of the molecule is O=C(c1ccccc1)C1CCN(C(=O)c2cccc(CN3C(=O)c4ccccc4C3=O)c2)CC1. The van der Waals surface area contributed by atoms with E-state index in [1.807, 2.05) is 36.4 Å². The third kappa shape index (κ3) is 4.03. The summed E-state index contributed by atoms with van der Waals surface area (Å²) in [4.78, 5) is 54.2. The molecule has 170 valence electrons. The number of piperidine rings is 1. The van der Waals surface area contributed by atoms with Crippen LogP contribution in [0.15, 0.2) is 78.9 Å². The highest BCUT2D eigenvalue weighted by atomic mass is 16.2. The van der Waals surface area contributed by atoms with E-state index < -0.39 is 0 Å². The Morgan fingerprint density at radius 1 is 0.735 bits per heavy atom. The molecular weight excluding hydrogens is 428 g/mol. The number of rotatable bonds is 5. The Kier molecular flexibility index (Phi) is 5.80. The molecule has 34 heavy (non-hydrogen) atoms. The number of hydrogen-bond donors (Lipinski definition) is 0. The van der Waals surface area contributed by atoms with Gasteiger partial charge in [-0.15, -0.1) is 0 Å². The average molecular weight is 453 g/mol. The van der Waals surface area contributed by atoms with Gasteiger partial charge in [0.05, 0.1) is 17.7 Å². The van der Waals surface area contributed by atoms with Gasteiger partial charge in [-0.3, -0.25) is 24.1 Å². The van der Waals surface area contributed by atoms with Crippen LogP contribution in [0.5, 0.6) is 0 Å². The van der Waals surface area contributed by atoms with Crippen molar-refractivity contribution in [1.82, 2.24) is 9.80 Å². The standard InChI is InChI=1S/C28H24N2O4/c31-25(20-8-2-1-3-9-20)21-13-15-29(16-14-21)26(32)22-10-6-7-19(17-22)18-30-27(33)23-11-4-5-12-24(23)28(30)34/h1-12,17,21H,13-16,18H2. The number of benzene rings is 3. The van der Waals surface area contributed by atoms with E-state index in [4.69, 9.17) is 0 Å². The quantitative estimate of drug-likeness (QED) is 0.429. The van der Waals surface area contributed by atoms with Crippen LogP contribution in [-0.4, -0.2) is 46.4 Å². The molecule has 3 aromatic carbocycles. The predicted octanol–water partition coefficient (Wildman–Crippen LogP) is 4.22. The molecule has 3 amide bonds. The summed E-state index contributed by atoms with van der Waals surface area (Å²) in [5.41, 5.74) is 2.77. The molecule has 2 aliphatic rings. The molecule has 0 bridgehead atoms. The molecule has 0 unspecified atom stereocenters. The van der Waals surface area contributed by atoms with Crippen LogP contribution in [0.1, 0.15) is 59.8 Å². The lowest BCUT2D eigenvalue weighted by atomic mass is 9.88. The summed E-state index contributed by atoms with van der Waals surface area (Å²) >= 11 is 0. The molecule has 3 aromatic rings. The molecule has 6 heteroatoms. The maximum Gasteiger partial charge on any atom is 0.261 e. The Labute approximate surface area is 197 Å². The molecule has 1 fully saturated rings. The summed E-state index contributed by atoms with van der Waals surface area (Å²) in [5, 5.41) is 0. The van der Waals surface area contributed by atoms with E-state index >= 15 is 0 Å². The van der Waals surface area contributed by atoms with Crippen molar-refractivity contribution < 1.29 is 19.2 Å². The second kappa shape index (κ2) is 9.06. The Morgan fingerprint density at radius 2 is 1.32 bits per heavy atom. The van der Waals surface area contributed by atoms with E-state index in [2.05, 4.69) is 0 Å². The highest BCUT2D eigenvalue weighted by Crippen LogP contribution is 2.26. The zero-order valence-electron chi connectivity index (χ0n) is 18.6. The summed E-state index contributed by atoms with van der Waals surface area (Å²) in [5.74, 6) is -0.679. The van der Waals surface area contributed by atoms with Crippen molar-refractivity contribution in [3.63, 3.8) is 0 Å². The zero-order valence-corrected chi connectivity index (χ0v) is 18.6. The van der Waals surface area contributed by atoms with Crippen LogP contribution in [-0.2, 0) is 6.54 Å². The van der Waals surface area contributed by atoms with Crippen LogP contribution < -0.4 is 0 Å². The second-order valence-electron chi connectivity index (χ2n) is 8.74. The lowest BCUT2D eigenvalue weighted by Crippen LogP contribution is -2.40. The molecular formula is C28H24N2O4. The van der Waals surface area contributed by atoms with Crippen molar-refractivity contribution in [2.45, 2.75) is 19.4 Å². The number of imide groups is 1. The van der Waals surface area contributed by atoms with Crippen molar-refractivity contribution in [3.05, 3.63) is 107 Å². The van der Waals surface area contributed by atoms with Crippen molar-refractivity contribution in [2.24, 2.45) is 5.92 Å². The molecule has 0 aliphatic carbocycles. The van der Waals surface area contributed by atoms with E-state index in [0.717, 1.165) is 5.56 Å². The predicted molar refractivity (Wildman–Crippen MR) is 126 cm³/mol. The topological polar surface area (TPSA) is 74.8 Å². The van der Waals surface area contributed by atoms with Gasteiger partial charge >= 0.3 is 0 Å². The lowest BCUT2D eigenvalue weighted by molar-refractivity contribution is 0.0642. The molecule has 0 radical (unpaired) electrons. The van der Waals surface area contributed by atoms with Gasteiger partial charge in [-0.05, 0) is 42.7 Å². The lowest BCUT2D eigenvalue weighted by Gasteiger charge is -2.31. The molecule has 0 saturated carbocycles. The fourth-order valence-corrected chi connectivity index (χ4v) is 4.73. The highest BCUT2D eigenvalue weighted by molar-refractivity contribution is 6.21. The summed E-state index contributed by atoms with van der Waals surface area (Å²) < 4.78 is 0. The summed E-state index contributed by atoms with van der Waals surface area (Å²) in [6.45, 7) is 1.15. The van der Waals surface area contributed by atoms with E-state index in [0.29, 0.717) is 48.2 Å². The van der Waals surface area contributed by atoms with Crippen molar-refractivity contribution in [3.8, 4) is 0 Å². The summed E-state index contributed by atoms with van der Waals surface area (Å²) in [7, 11) is 0. The van der Waals surface area contributed by atoms with Gasteiger partial charge in [0.1, 0.15) is 0 Å². The van der Waals surface area contributed by atoms with Gasteiger partial charge in [-0.25, -0.2) is 0 Å². The molecule has 0 atom stereocenters. The molecule has 2 aliphatic heterocycles. The van der Waals surface area contributed by atoms with Gasteiger partial charge in [0, 0.05) is 30.1 Å². The fourth-order valence-electron chi connectivity index (χ4n) is 4.73. The minimum Gasteiger partial charge on any atom is -0.339 e. The normalized spacial score (nSPS) is 16.0. The Morgan fingerprint density at radius 3 is 1.97 bits per heavy atom. The van der Waals surface area contributed by atoms with Crippen LogP contribution >= 0.6 is 0 Å². The van der Waals surface area contributed by atoms with Gasteiger partial charge < -0.3 is 4.90 Å². The molecule has 5 rings (SSSR count). The van der Waals surface area contributed by atoms with Crippen LogP contribution in [0.4, 0.5) is 0 Å². The van der Waals surface area contributed by atoms with Gasteiger partial charge in [0.15, 0.2) is 5.78 Å². The molecule has 6 nitrogen and oxygen atoms in total. The first-order valence-corrected chi connectivity index (χ1v) is 11.5. The second-order valence-corrected chi connectivity index (χ2v) is 8.74. The Hall–Kier alpha value is -4.06. The van der Waals surface area contributed by atoms with Gasteiger partial charge in [0.25, 0.3) is 17.7 Å². The minimum absolute atomic E-state index is 0.0772. The van der Waals surface area contributed by atoms with Crippen molar-refractivity contribution in [1.29, 1.82) is 0 Å². The highest BCUT2D eigenvalue weighted by Gasteiger charge is 2.35. The van der Waals surface area contributed by atoms with E-state index in [1.165, 1.54) is 4.90 Å². The number of ketones is 1. The van der Waals surface area contributed by atoms with Crippen molar-refractivity contribution >= 4 is 23.5 Å². The van der Waals surface area contributed by atoms with E-state index in [9.17, 15) is 19.2 Å². The van der Waals surface area contributed by atoms with Gasteiger partial charge in [-0.1, -0.05) is 54.6 Å². The van der Waals surface area contributed by atoms with Crippen LogP contribution in [0.3, 0.4) is 0 Å². The number of hydrogen-bond acceptors (Lipinski definition) is 4. The zero-order chi connectivity index (χ0) is 23.7. The van der Waals surface area contributed by atoms with E-state index in [1.54, 1.807) is 47.4 Å². The number of carbonyl (C=O) groups excluding carboxylic acids is 4. The number of Topliss-reactive ketones (excluding diaryl/α,β-unsaturated/α-hetero) is 1. The molecule has 1 saturated heterocycles. The third-order valence-electron chi connectivity index (χ3n) is 6.60. The van der Waals surface area contributed by atoms with Gasteiger partial charge in [-0.2, -0.15) is 0 Å². The van der Waals surface area contributed by atoms with Crippen LogP contribution in [0.25, 0.3) is 0 Å². The number of carbonyl (C=O) groups is 4. The number of fused-ring (bicyclic) bond motifs is 1. The third-order valence-corrected chi connectivity index (χ3v) is 6.60. The summed E-state index contributed by atoms with van der Waals surface area (Å²) in [6.07, 6.45) is 1.27. The molecule has 2 heterocycles. The average Bonchev–Trinajstić information content (AvgIpc) is 3.13. The smallest absolute Gasteiger partial charge is 0.261 e. The first-order valence-electron chi connectivity index (χ1n) is 11.5. The number of likely N-dealkylation sites (tertiary alicyclic amines) is 1. The maximum absolute atomic E-state index is 13.1. The molecule has 0 aromatic heterocycles. The fraction of sp³-hybridized carbons (Fsp3) is 0.214.